The molecule has 29 heavy (non-hydrogen) atoms. The van der Waals surface area contributed by atoms with Gasteiger partial charge in [0.2, 0.25) is 0 Å². The van der Waals surface area contributed by atoms with Gasteiger partial charge in [-0.2, -0.15) is 10.1 Å². The molecule has 2 aromatic carbocycles. The molecule has 0 saturated carbocycles. The van der Waals surface area contributed by atoms with Gasteiger partial charge in [0.05, 0.1) is 17.9 Å². The third-order valence-corrected chi connectivity index (χ3v) is 5.16. The number of carbonyl (C=O) groups excluding carboxylic acids is 1. The van der Waals surface area contributed by atoms with Crippen LogP contribution in [-0.2, 0) is 0 Å². The third-order valence-electron chi connectivity index (χ3n) is 4.36. The Balaban J connectivity index is 1.76. The summed E-state index contributed by atoms with van der Waals surface area (Å²) < 4.78 is 6.16. The highest BCUT2D eigenvalue weighted by Crippen LogP contribution is 2.31. The number of amides is 2. The number of hydrogen-bond acceptors (Lipinski definition) is 5. The standard InChI is InChI=1S/C21H17BrN4O2S/c22-17-5-1-2-7-20(17)26-21(27)25(15-8-10-16(11-9-15)28-14-29)13-19(24-26)18-6-3-4-12-23-18/h1-12,29H,13-14H2. The molecule has 1 aliphatic heterocycles. The van der Waals surface area contributed by atoms with Crippen molar-refractivity contribution in [3.05, 3.63) is 83.1 Å². The minimum atomic E-state index is -0.251. The molecule has 0 saturated heterocycles. The van der Waals surface area contributed by atoms with Crippen LogP contribution in [0.4, 0.5) is 16.2 Å². The zero-order valence-electron chi connectivity index (χ0n) is 15.3. The number of aromatic nitrogens is 1. The fourth-order valence-electron chi connectivity index (χ4n) is 2.97. The molecule has 0 unspecified atom stereocenters. The Morgan fingerprint density at radius 2 is 1.79 bits per heavy atom. The first-order valence-electron chi connectivity index (χ1n) is 8.86. The normalized spacial score (nSPS) is 14.0. The van der Waals surface area contributed by atoms with Crippen molar-refractivity contribution in [1.29, 1.82) is 0 Å². The zero-order chi connectivity index (χ0) is 20.2. The van der Waals surface area contributed by atoms with E-state index >= 15 is 0 Å². The highest BCUT2D eigenvalue weighted by molar-refractivity contribution is 9.10. The van der Waals surface area contributed by atoms with Crippen LogP contribution in [0.15, 0.2) is 82.5 Å². The van der Waals surface area contributed by atoms with Gasteiger partial charge >= 0.3 is 6.03 Å². The fourth-order valence-corrected chi connectivity index (χ4v) is 3.57. The lowest BCUT2D eigenvalue weighted by Gasteiger charge is -2.33. The first kappa shape index (κ1) is 19.5. The second kappa shape index (κ2) is 8.67. The van der Waals surface area contributed by atoms with E-state index in [1.165, 1.54) is 5.01 Å². The number of para-hydroxylation sites is 1. The Hall–Kier alpha value is -2.84. The van der Waals surface area contributed by atoms with E-state index in [2.05, 4.69) is 38.6 Å². The van der Waals surface area contributed by atoms with Crippen LogP contribution in [0.25, 0.3) is 0 Å². The zero-order valence-corrected chi connectivity index (χ0v) is 17.8. The molecule has 0 atom stereocenters. The van der Waals surface area contributed by atoms with Crippen LogP contribution in [0.1, 0.15) is 5.69 Å². The van der Waals surface area contributed by atoms with Gasteiger partial charge in [-0.1, -0.05) is 18.2 Å². The van der Waals surface area contributed by atoms with Crippen LogP contribution in [-0.4, -0.2) is 29.2 Å². The van der Waals surface area contributed by atoms with Gasteiger partial charge in [-0.3, -0.25) is 9.88 Å². The summed E-state index contributed by atoms with van der Waals surface area (Å²) in [5.41, 5.74) is 2.81. The van der Waals surface area contributed by atoms with E-state index in [4.69, 9.17) is 4.74 Å². The van der Waals surface area contributed by atoms with Gasteiger partial charge in [0.1, 0.15) is 17.4 Å². The van der Waals surface area contributed by atoms with Gasteiger partial charge in [0, 0.05) is 16.4 Å². The molecular weight excluding hydrogens is 452 g/mol. The molecule has 0 fully saturated rings. The summed E-state index contributed by atoms with van der Waals surface area (Å²) in [7, 11) is 0. The molecule has 0 aliphatic carbocycles. The van der Waals surface area contributed by atoms with Gasteiger partial charge in [0.25, 0.3) is 0 Å². The molecule has 3 aromatic rings. The summed E-state index contributed by atoms with van der Waals surface area (Å²) in [6.45, 7) is 0.309. The van der Waals surface area contributed by atoms with Crippen molar-refractivity contribution in [1.82, 2.24) is 4.98 Å². The van der Waals surface area contributed by atoms with Crippen LogP contribution >= 0.6 is 28.6 Å². The van der Waals surface area contributed by atoms with Gasteiger partial charge < -0.3 is 4.74 Å². The molecule has 2 heterocycles. The lowest BCUT2D eigenvalue weighted by molar-refractivity contribution is 0.251. The summed E-state index contributed by atoms with van der Waals surface area (Å²) in [5.74, 6) is 0.975. The number of rotatable bonds is 5. The molecule has 1 aromatic heterocycles. The highest BCUT2D eigenvalue weighted by atomic mass is 79.9. The molecule has 0 spiro atoms. The Kier molecular flexibility index (Phi) is 5.82. The van der Waals surface area contributed by atoms with Crippen LogP contribution < -0.4 is 14.6 Å². The van der Waals surface area contributed by atoms with Crippen molar-refractivity contribution in [2.75, 3.05) is 22.4 Å². The van der Waals surface area contributed by atoms with E-state index in [1.54, 1.807) is 11.1 Å². The van der Waals surface area contributed by atoms with Gasteiger partial charge in [0.15, 0.2) is 0 Å². The number of nitrogens with zero attached hydrogens (tertiary/aromatic N) is 4. The molecule has 1 aliphatic rings. The molecule has 0 N–H and O–H groups in total. The lowest BCUT2D eigenvalue weighted by atomic mass is 10.2. The largest absolute Gasteiger partial charge is 0.483 e. The summed E-state index contributed by atoms with van der Waals surface area (Å²) in [6, 6.07) is 20.2. The van der Waals surface area contributed by atoms with Crippen molar-refractivity contribution < 1.29 is 9.53 Å². The number of urea groups is 1. The molecule has 6 nitrogen and oxygen atoms in total. The first-order valence-corrected chi connectivity index (χ1v) is 10.3. The maximum absolute atomic E-state index is 13.3. The van der Waals surface area contributed by atoms with Gasteiger partial charge in [-0.05, 0) is 64.5 Å². The monoisotopic (exact) mass is 468 g/mol. The predicted molar refractivity (Wildman–Crippen MR) is 121 cm³/mol. The number of pyridine rings is 1. The van der Waals surface area contributed by atoms with E-state index < -0.39 is 0 Å². The summed E-state index contributed by atoms with van der Waals surface area (Å²) in [6.07, 6.45) is 1.71. The maximum atomic E-state index is 13.3. The Labute approximate surface area is 182 Å². The summed E-state index contributed by atoms with van der Waals surface area (Å²) in [5, 5.41) is 6.02. The number of thiol groups is 1. The van der Waals surface area contributed by atoms with Crippen LogP contribution in [0.3, 0.4) is 0 Å². The maximum Gasteiger partial charge on any atom is 0.350 e. The van der Waals surface area contributed by atoms with E-state index in [1.807, 2.05) is 66.7 Å². The van der Waals surface area contributed by atoms with Crippen molar-refractivity contribution in [2.24, 2.45) is 5.10 Å². The van der Waals surface area contributed by atoms with Gasteiger partial charge in [-0.15, -0.1) is 12.6 Å². The number of carbonyl (C=O) groups is 1. The molecular formula is C21H17BrN4O2S. The number of hydrogen-bond donors (Lipinski definition) is 1. The van der Waals surface area contributed by atoms with E-state index in [0.717, 1.165) is 15.9 Å². The van der Waals surface area contributed by atoms with Crippen molar-refractivity contribution in [3.8, 4) is 5.75 Å². The lowest BCUT2D eigenvalue weighted by Crippen LogP contribution is -2.49. The number of benzene rings is 2. The first-order chi connectivity index (χ1) is 14.2. The summed E-state index contributed by atoms with van der Waals surface area (Å²) in [4.78, 5) is 19.4. The molecule has 0 bridgehead atoms. The topological polar surface area (TPSA) is 58.0 Å². The molecule has 4 rings (SSSR count). The number of halogens is 1. The Bertz CT molecular complexity index is 1040. The minimum absolute atomic E-state index is 0.251. The fraction of sp³-hybridized carbons (Fsp3) is 0.0952. The van der Waals surface area contributed by atoms with Crippen molar-refractivity contribution in [3.63, 3.8) is 0 Å². The second-order valence-electron chi connectivity index (χ2n) is 6.16. The second-order valence-corrected chi connectivity index (χ2v) is 7.27. The minimum Gasteiger partial charge on any atom is -0.483 e. The van der Waals surface area contributed by atoms with Crippen LogP contribution in [0.5, 0.6) is 5.75 Å². The highest BCUT2D eigenvalue weighted by Gasteiger charge is 2.32. The average Bonchev–Trinajstić information content (AvgIpc) is 2.76. The van der Waals surface area contributed by atoms with Crippen LogP contribution in [0, 0.1) is 0 Å². The SMILES string of the molecule is O=C1N(c2ccc(OCS)cc2)CC(c2ccccn2)=NN1c1ccccc1Br. The number of ether oxygens (including phenoxy) is 1. The van der Waals surface area contributed by atoms with Crippen LogP contribution in [0.2, 0.25) is 0 Å². The van der Waals surface area contributed by atoms with E-state index in [0.29, 0.717) is 23.7 Å². The molecule has 8 heteroatoms. The average molecular weight is 469 g/mol. The Morgan fingerprint density at radius 3 is 2.48 bits per heavy atom. The van der Waals surface area contributed by atoms with E-state index in [9.17, 15) is 4.79 Å². The van der Waals surface area contributed by atoms with Crippen molar-refractivity contribution in [2.45, 2.75) is 0 Å². The molecule has 146 valence electrons. The van der Waals surface area contributed by atoms with Crippen molar-refractivity contribution >= 4 is 51.7 Å². The predicted octanol–water partition coefficient (Wildman–Crippen LogP) is 4.96. The number of hydrazone groups is 1. The smallest absolute Gasteiger partial charge is 0.350 e. The third kappa shape index (κ3) is 4.13. The molecule has 0 radical (unpaired) electrons. The van der Waals surface area contributed by atoms with Gasteiger partial charge in [-0.25, -0.2) is 4.79 Å². The quantitative estimate of drug-likeness (QED) is 0.425. The number of anilines is 2. The molecule has 2 amide bonds. The van der Waals surface area contributed by atoms with E-state index in [-0.39, 0.29) is 12.0 Å². The summed E-state index contributed by atoms with van der Waals surface area (Å²) >= 11 is 7.58. The Morgan fingerprint density at radius 1 is 1.03 bits per heavy atom.